The number of phenols is 1. The Labute approximate surface area is 131 Å². The van der Waals surface area contributed by atoms with E-state index in [1.807, 2.05) is 0 Å². The molecule has 4 unspecified atom stereocenters. The lowest BCUT2D eigenvalue weighted by molar-refractivity contribution is -0.163. The number of aliphatic hydroxyl groups is 4. The topological polar surface area (TPSA) is 145 Å². The number of aromatic hydroxyl groups is 1. The summed E-state index contributed by atoms with van der Waals surface area (Å²) in [7, 11) is 0. The molecule has 0 radical (unpaired) electrons. The van der Waals surface area contributed by atoms with Crippen LogP contribution in [0.25, 0.3) is 6.08 Å². The molecule has 0 heterocycles. The summed E-state index contributed by atoms with van der Waals surface area (Å²) in [4.78, 5) is 22.5. The Balaban J connectivity index is 2.65. The van der Waals surface area contributed by atoms with Gasteiger partial charge in [0.15, 0.2) is 12.4 Å². The van der Waals surface area contributed by atoms with Crippen LogP contribution in [0.3, 0.4) is 0 Å². The molecule has 1 aromatic carbocycles. The quantitative estimate of drug-likeness (QED) is 0.223. The molecular formula is C15H18O8. The van der Waals surface area contributed by atoms with Crippen molar-refractivity contribution in [3.63, 3.8) is 0 Å². The number of aliphatic hydroxyl groups excluding tert-OH is 4. The van der Waals surface area contributed by atoms with Gasteiger partial charge in [-0.1, -0.05) is 12.1 Å². The summed E-state index contributed by atoms with van der Waals surface area (Å²) >= 11 is 0. The van der Waals surface area contributed by atoms with Crippen LogP contribution >= 0.6 is 0 Å². The Morgan fingerprint density at radius 3 is 2.26 bits per heavy atom. The molecule has 126 valence electrons. The van der Waals surface area contributed by atoms with Crippen LogP contribution in [0.4, 0.5) is 0 Å². The van der Waals surface area contributed by atoms with Crippen molar-refractivity contribution in [2.24, 2.45) is 0 Å². The molecule has 5 N–H and O–H groups in total. The molecule has 0 saturated carbocycles. The zero-order valence-electron chi connectivity index (χ0n) is 12.0. The van der Waals surface area contributed by atoms with Gasteiger partial charge in [-0.2, -0.15) is 0 Å². The molecule has 0 aliphatic carbocycles. The van der Waals surface area contributed by atoms with Crippen molar-refractivity contribution in [3.8, 4) is 5.75 Å². The molecule has 0 bridgehead atoms. The molecule has 0 aliphatic rings. The van der Waals surface area contributed by atoms with Crippen LogP contribution in [-0.4, -0.2) is 68.8 Å². The van der Waals surface area contributed by atoms with E-state index in [9.17, 15) is 24.9 Å². The highest BCUT2D eigenvalue weighted by molar-refractivity contribution is 5.88. The van der Waals surface area contributed by atoms with E-state index in [0.717, 1.165) is 6.08 Å². The van der Waals surface area contributed by atoms with Crippen LogP contribution in [-0.2, 0) is 14.3 Å². The number of carbonyl (C=O) groups is 2. The number of esters is 1. The van der Waals surface area contributed by atoms with Gasteiger partial charge in [-0.3, -0.25) is 4.79 Å². The molecule has 0 amide bonds. The largest absolute Gasteiger partial charge is 0.508 e. The monoisotopic (exact) mass is 326 g/mol. The van der Waals surface area contributed by atoms with Crippen molar-refractivity contribution in [1.82, 2.24) is 0 Å². The number of phenolic OH excluding ortho intramolecular Hbond substituents is 1. The third kappa shape index (κ3) is 5.80. The molecule has 1 rings (SSSR count). The van der Waals surface area contributed by atoms with E-state index in [-0.39, 0.29) is 12.0 Å². The van der Waals surface area contributed by atoms with Gasteiger partial charge in [-0.15, -0.1) is 0 Å². The number of benzene rings is 1. The van der Waals surface area contributed by atoms with Crippen LogP contribution in [0.15, 0.2) is 30.3 Å². The zero-order valence-corrected chi connectivity index (χ0v) is 12.0. The Bertz CT molecular complexity index is 539. The van der Waals surface area contributed by atoms with E-state index in [2.05, 4.69) is 4.74 Å². The van der Waals surface area contributed by atoms with E-state index in [4.69, 9.17) is 10.2 Å². The molecule has 0 fully saturated rings. The fraction of sp³-hybridized carbons (Fsp3) is 0.333. The van der Waals surface area contributed by atoms with Crippen LogP contribution < -0.4 is 0 Å². The SMILES string of the molecule is O=CC(OC(=O)/C=C/c1ccc(O)cc1)C(O)C(O)C(O)CO. The molecule has 8 heteroatoms. The summed E-state index contributed by atoms with van der Waals surface area (Å²) in [5.41, 5.74) is 0.582. The number of carbonyl (C=O) groups excluding carboxylic acids is 2. The van der Waals surface area contributed by atoms with Gasteiger partial charge in [0.25, 0.3) is 0 Å². The second-order valence-electron chi connectivity index (χ2n) is 4.69. The van der Waals surface area contributed by atoms with Crippen molar-refractivity contribution in [2.45, 2.75) is 24.4 Å². The van der Waals surface area contributed by atoms with E-state index in [0.29, 0.717) is 5.56 Å². The van der Waals surface area contributed by atoms with Crippen LogP contribution in [0, 0.1) is 0 Å². The Kier molecular flexibility index (Phi) is 7.36. The first-order valence-electron chi connectivity index (χ1n) is 6.67. The second kappa shape index (κ2) is 9.01. The standard InChI is InChI=1S/C15H18O8/c16-7-11(19)14(21)15(22)12(8-17)23-13(20)6-3-9-1-4-10(18)5-2-9/h1-6,8,11-12,14-16,18-19,21-22H,7H2/b6-3+. The van der Waals surface area contributed by atoms with Gasteiger partial charge >= 0.3 is 5.97 Å². The third-order valence-corrected chi connectivity index (χ3v) is 2.96. The van der Waals surface area contributed by atoms with E-state index < -0.39 is 37.0 Å². The average Bonchev–Trinajstić information content (AvgIpc) is 2.57. The first kappa shape index (κ1) is 18.8. The number of aldehydes is 1. The van der Waals surface area contributed by atoms with Crippen molar-refractivity contribution in [2.75, 3.05) is 6.61 Å². The summed E-state index contributed by atoms with van der Waals surface area (Å²) in [5, 5.41) is 46.1. The maximum absolute atomic E-state index is 11.6. The first-order valence-corrected chi connectivity index (χ1v) is 6.67. The van der Waals surface area contributed by atoms with Gasteiger partial charge in [0.2, 0.25) is 0 Å². The van der Waals surface area contributed by atoms with Crippen molar-refractivity contribution >= 4 is 18.3 Å². The maximum Gasteiger partial charge on any atom is 0.331 e. The normalized spacial score (nSPS) is 16.5. The lowest BCUT2D eigenvalue weighted by atomic mass is 10.0. The average molecular weight is 326 g/mol. The fourth-order valence-electron chi connectivity index (χ4n) is 1.63. The third-order valence-electron chi connectivity index (χ3n) is 2.96. The molecule has 0 aromatic heterocycles. The van der Waals surface area contributed by atoms with Gasteiger partial charge in [0.1, 0.15) is 24.1 Å². The summed E-state index contributed by atoms with van der Waals surface area (Å²) in [6.07, 6.45) is -4.68. The maximum atomic E-state index is 11.6. The summed E-state index contributed by atoms with van der Waals surface area (Å²) in [6, 6.07) is 5.89. The zero-order chi connectivity index (χ0) is 17.4. The molecule has 0 saturated heterocycles. The first-order chi connectivity index (χ1) is 10.9. The fourth-order valence-corrected chi connectivity index (χ4v) is 1.63. The summed E-state index contributed by atoms with van der Waals surface area (Å²) in [6.45, 7) is -0.835. The molecular weight excluding hydrogens is 308 g/mol. The highest BCUT2D eigenvalue weighted by Crippen LogP contribution is 2.11. The highest BCUT2D eigenvalue weighted by atomic mass is 16.6. The minimum atomic E-state index is -1.89. The predicted molar refractivity (Wildman–Crippen MR) is 78.2 cm³/mol. The molecule has 0 aliphatic heterocycles. The molecule has 1 aromatic rings. The Morgan fingerprint density at radius 1 is 1.13 bits per heavy atom. The van der Waals surface area contributed by atoms with Crippen molar-refractivity contribution in [1.29, 1.82) is 0 Å². The lowest BCUT2D eigenvalue weighted by Crippen LogP contribution is -2.47. The molecule has 4 atom stereocenters. The van der Waals surface area contributed by atoms with Gasteiger partial charge in [-0.25, -0.2) is 4.79 Å². The minimum Gasteiger partial charge on any atom is -0.508 e. The van der Waals surface area contributed by atoms with Gasteiger partial charge < -0.3 is 30.3 Å². The number of hydrogen-bond donors (Lipinski definition) is 5. The summed E-state index contributed by atoms with van der Waals surface area (Å²) < 4.78 is 4.68. The van der Waals surface area contributed by atoms with Gasteiger partial charge in [0, 0.05) is 6.08 Å². The van der Waals surface area contributed by atoms with Gasteiger partial charge in [-0.05, 0) is 23.8 Å². The smallest absolute Gasteiger partial charge is 0.331 e. The Hall–Kier alpha value is -2.26. The molecule has 8 nitrogen and oxygen atoms in total. The van der Waals surface area contributed by atoms with Crippen LogP contribution in [0.5, 0.6) is 5.75 Å². The van der Waals surface area contributed by atoms with Crippen LogP contribution in [0.2, 0.25) is 0 Å². The predicted octanol–water partition coefficient (Wildman–Crippen LogP) is -1.41. The lowest BCUT2D eigenvalue weighted by Gasteiger charge is -2.25. The number of ether oxygens (including phenoxy) is 1. The molecule has 0 spiro atoms. The van der Waals surface area contributed by atoms with E-state index >= 15 is 0 Å². The van der Waals surface area contributed by atoms with Crippen molar-refractivity contribution < 1.29 is 39.9 Å². The Morgan fingerprint density at radius 2 is 1.74 bits per heavy atom. The minimum absolute atomic E-state index is 0.0605. The van der Waals surface area contributed by atoms with Gasteiger partial charge in [0.05, 0.1) is 6.61 Å². The van der Waals surface area contributed by atoms with Crippen molar-refractivity contribution in [3.05, 3.63) is 35.9 Å². The summed E-state index contributed by atoms with van der Waals surface area (Å²) in [5.74, 6) is -0.898. The molecule has 23 heavy (non-hydrogen) atoms. The second-order valence-corrected chi connectivity index (χ2v) is 4.69. The highest BCUT2D eigenvalue weighted by Gasteiger charge is 2.33. The number of rotatable bonds is 8. The van der Waals surface area contributed by atoms with Crippen LogP contribution in [0.1, 0.15) is 5.56 Å². The van der Waals surface area contributed by atoms with E-state index in [1.165, 1.54) is 30.3 Å². The number of hydrogen-bond acceptors (Lipinski definition) is 8. The van der Waals surface area contributed by atoms with E-state index in [1.54, 1.807) is 0 Å².